The molecule has 1 aromatic heterocycles. The third kappa shape index (κ3) is 3.59. The van der Waals surface area contributed by atoms with Crippen molar-refractivity contribution in [1.82, 2.24) is 15.1 Å². The van der Waals surface area contributed by atoms with Gasteiger partial charge in [-0.2, -0.15) is 5.10 Å². The molecule has 0 aliphatic heterocycles. The summed E-state index contributed by atoms with van der Waals surface area (Å²) in [5.74, 6) is -0.267. The minimum atomic E-state index is -0.434. The van der Waals surface area contributed by atoms with Crippen LogP contribution in [0.2, 0.25) is 5.02 Å². The van der Waals surface area contributed by atoms with Crippen molar-refractivity contribution in [3.05, 3.63) is 47.2 Å². The standard InChI is InChI=1S/C14H16ClN3O2/c1-10(19)6-8-16-14(20)12-7-9-18(17-12)13-5-3-2-4-11(13)15/h2-5,7,9-10,19H,6,8H2,1H3,(H,16,20). The van der Waals surface area contributed by atoms with Crippen LogP contribution in [0.5, 0.6) is 0 Å². The van der Waals surface area contributed by atoms with Crippen LogP contribution < -0.4 is 5.32 Å². The number of aromatic nitrogens is 2. The molecular weight excluding hydrogens is 278 g/mol. The number of hydrogen-bond donors (Lipinski definition) is 2. The molecule has 0 aliphatic carbocycles. The predicted octanol–water partition coefficient (Wildman–Crippen LogP) is 2.03. The van der Waals surface area contributed by atoms with Crippen molar-refractivity contribution in [3.63, 3.8) is 0 Å². The number of nitrogens with zero attached hydrogens (tertiary/aromatic N) is 2. The summed E-state index contributed by atoms with van der Waals surface area (Å²) in [4.78, 5) is 11.9. The normalized spacial score (nSPS) is 12.2. The molecular formula is C14H16ClN3O2. The number of rotatable bonds is 5. The van der Waals surface area contributed by atoms with Crippen molar-refractivity contribution in [3.8, 4) is 5.69 Å². The minimum absolute atomic E-state index is 0.267. The minimum Gasteiger partial charge on any atom is -0.393 e. The highest BCUT2D eigenvalue weighted by atomic mass is 35.5. The molecule has 0 saturated heterocycles. The van der Waals surface area contributed by atoms with Crippen LogP contribution >= 0.6 is 11.6 Å². The lowest BCUT2D eigenvalue weighted by molar-refractivity contribution is 0.0940. The molecule has 0 radical (unpaired) electrons. The highest BCUT2D eigenvalue weighted by Crippen LogP contribution is 2.18. The monoisotopic (exact) mass is 293 g/mol. The van der Waals surface area contributed by atoms with Crippen LogP contribution in [0.3, 0.4) is 0 Å². The van der Waals surface area contributed by atoms with Crippen molar-refractivity contribution in [2.24, 2.45) is 0 Å². The van der Waals surface area contributed by atoms with Crippen LogP contribution in [0.25, 0.3) is 5.69 Å². The average Bonchev–Trinajstić information content (AvgIpc) is 2.88. The number of amides is 1. The van der Waals surface area contributed by atoms with E-state index in [4.69, 9.17) is 16.7 Å². The first kappa shape index (κ1) is 14.6. The molecule has 106 valence electrons. The van der Waals surface area contributed by atoms with E-state index in [0.29, 0.717) is 23.7 Å². The molecule has 1 heterocycles. The summed E-state index contributed by atoms with van der Waals surface area (Å²) in [6.45, 7) is 2.09. The zero-order valence-corrected chi connectivity index (χ0v) is 11.8. The lowest BCUT2D eigenvalue weighted by Gasteiger charge is -2.05. The summed E-state index contributed by atoms with van der Waals surface area (Å²) >= 11 is 6.08. The molecule has 1 atom stereocenters. The molecule has 1 amide bonds. The van der Waals surface area contributed by atoms with Crippen LogP contribution in [0.15, 0.2) is 36.5 Å². The lowest BCUT2D eigenvalue weighted by Crippen LogP contribution is -2.27. The van der Waals surface area contributed by atoms with Gasteiger partial charge in [0.05, 0.1) is 16.8 Å². The molecule has 1 aromatic carbocycles. The van der Waals surface area contributed by atoms with E-state index in [-0.39, 0.29) is 5.91 Å². The van der Waals surface area contributed by atoms with Gasteiger partial charge in [-0.05, 0) is 31.5 Å². The largest absolute Gasteiger partial charge is 0.393 e. The molecule has 5 nitrogen and oxygen atoms in total. The lowest BCUT2D eigenvalue weighted by atomic mass is 10.3. The van der Waals surface area contributed by atoms with Crippen molar-refractivity contribution < 1.29 is 9.90 Å². The van der Waals surface area contributed by atoms with Gasteiger partial charge in [-0.3, -0.25) is 4.79 Å². The Labute approximate surface area is 122 Å². The van der Waals surface area contributed by atoms with Gasteiger partial charge >= 0.3 is 0 Å². The highest BCUT2D eigenvalue weighted by Gasteiger charge is 2.11. The van der Waals surface area contributed by atoms with E-state index in [2.05, 4.69) is 10.4 Å². The van der Waals surface area contributed by atoms with E-state index < -0.39 is 6.10 Å². The van der Waals surface area contributed by atoms with E-state index in [1.165, 1.54) is 0 Å². The zero-order chi connectivity index (χ0) is 14.5. The van der Waals surface area contributed by atoms with Gasteiger partial charge in [-0.15, -0.1) is 0 Å². The number of benzene rings is 1. The van der Waals surface area contributed by atoms with Crippen molar-refractivity contribution in [1.29, 1.82) is 0 Å². The Morgan fingerprint density at radius 1 is 1.45 bits per heavy atom. The molecule has 2 aromatic rings. The fraction of sp³-hybridized carbons (Fsp3) is 0.286. The first-order valence-electron chi connectivity index (χ1n) is 6.35. The summed E-state index contributed by atoms with van der Waals surface area (Å²) < 4.78 is 1.56. The van der Waals surface area contributed by atoms with E-state index in [0.717, 1.165) is 5.69 Å². The third-order valence-corrected chi connectivity index (χ3v) is 3.09. The maximum absolute atomic E-state index is 11.9. The van der Waals surface area contributed by atoms with Crippen LogP contribution in [-0.2, 0) is 0 Å². The first-order valence-corrected chi connectivity index (χ1v) is 6.72. The predicted molar refractivity (Wildman–Crippen MR) is 77.2 cm³/mol. The Morgan fingerprint density at radius 3 is 2.90 bits per heavy atom. The van der Waals surface area contributed by atoms with Crippen molar-refractivity contribution >= 4 is 17.5 Å². The SMILES string of the molecule is CC(O)CCNC(=O)c1ccn(-c2ccccc2Cl)n1. The van der Waals surface area contributed by atoms with Gasteiger partial charge in [0.1, 0.15) is 0 Å². The molecule has 0 spiro atoms. The first-order chi connectivity index (χ1) is 9.58. The summed E-state index contributed by atoms with van der Waals surface area (Å²) in [6, 6.07) is 8.90. The summed E-state index contributed by atoms with van der Waals surface area (Å²) in [7, 11) is 0. The number of aliphatic hydroxyl groups is 1. The van der Waals surface area contributed by atoms with Gasteiger partial charge in [0, 0.05) is 12.7 Å². The van der Waals surface area contributed by atoms with Crippen LogP contribution in [0.4, 0.5) is 0 Å². The Bertz CT molecular complexity index is 596. The number of hydrogen-bond acceptors (Lipinski definition) is 3. The van der Waals surface area contributed by atoms with Crippen LogP contribution in [-0.4, -0.2) is 33.4 Å². The smallest absolute Gasteiger partial charge is 0.271 e. The molecule has 0 fully saturated rings. The fourth-order valence-corrected chi connectivity index (χ4v) is 1.92. The number of aliphatic hydroxyl groups excluding tert-OH is 1. The molecule has 0 bridgehead atoms. The third-order valence-electron chi connectivity index (χ3n) is 2.77. The Kier molecular flexibility index (Phi) is 4.76. The number of nitrogens with one attached hydrogen (secondary N) is 1. The Hall–Kier alpha value is -1.85. The highest BCUT2D eigenvalue weighted by molar-refractivity contribution is 6.32. The molecule has 2 rings (SSSR count). The topological polar surface area (TPSA) is 67.2 Å². The second-order valence-electron chi connectivity index (χ2n) is 4.49. The van der Waals surface area contributed by atoms with Crippen LogP contribution in [0, 0.1) is 0 Å². The molecule has 0 saturated carbocycles. The van der Waals surface area contributed by atoms with Gasteiger partial charge in [0.15, 0.2) is 5.69 Å². The van der Waals surface area contributed by atoms with Gasteiger partial charge in [-0.1, -0.05) is 23.7 Å². The van der Waals surface area contributed by atoms with Gasteiger partial charge in [0.25, 0.3) is 5.91 Å². The fourth-order valence-electron chi connectivity index (χ4n) is 1.70. The van der Waals surface area contributed by atoms with Gasteiger partial charge < -0.3 is 10.4 Å². The van der Waals surface area contributed by atoms with E-state index in [1.807, 2.05) is 18.2 Å². The molecule has 1 unspecified atom stereocenters. The van der Waals surface area contributed by atoms with Crippen LogP contribution in [0.1, 0.15) is 23.8 Å². The zero-order valence-electron chi connectivity index (χ0n) is 11.1. The number of carbonyl (C=O) groups excluding carboxylic acids is 1. The maximum atomic E-state index is 11.9. The Balaban J connectivity index is 2.06. The molecule has 0 aliphatic rings. The maximum Gasteiger partial charge on any atom is 0.271 e. The number of halogens is 1. The number of carbonyl (C=O) groups is 1. The van der Waals surface area contributed by atoms with Crippen molar-refractivity contribution in [2.45, 2.75) is 19.4 Å². The molecule has 6 heteroatoms. The summed E-state index contributed by atoms with van der Waals surface area (Å²) in [5, 5.41) is 16.6. The molecule has 20 heavy (non-hydrogen) atoms. The summed E-state index contributed by atoms with van der Waals surface area (Å²) in [6.07, 6.45) is 1.76. The molecule has 2 N–H and O–H groups in total. The second kappa shape index (κ2) is 6.54. The van der Waals surface area contributed by atoms with E-state index in [9.17, 15) is 4.79 Å². The van der Waals surface area contributed by atoms with Crippen molar-refractivity contribution in [2.75, 3.05) is 6.54 Å². The Morgan fingerprint density at radius 2 is 2.20 bits per heavy atom. The quantitative estimate of drug-likeness (QED) is 0.886. The van der Waals surface area contributed by atoms with E-state index in [1.54, 1.807) is 29.9 Å². The van der Waals surface area contributed by atoms with E-state index >= 15 is 0 Å². The summed E-state index contributed by atoms with van der Waals surface area (Å²) in [5.41, 5.74) is 1.03. The second-order valence-corrected chi connectivity index (χ2v) is 4.90. The number of para-hydroxylation sites is 1. The average molecular weight is 294 g/mol. The van der Waals surface area contributed by atoms with Gasteiger partial charge in [0.2, 0.25) is 0 Å². The van der Waals surface area contributed by atoms with Gasteiger partial charge in [-0.25, -0.2) is 4.68 Å².